The lowest BCUT2D eigenvalue weighted by Crippen LogP contribution is -2.42. The van der Waals surface area contributed by atoms with Crippen molar-refractivity contribution in [2.24, 2.45) is 11.8 Å². The zero-order chi connectivity index (χ0) is 21.9. The third-order valence-electron chi connectivity index (χ3n) is 4.99. The first-order chi connectivity index (χ1) is 13.2. The van der Waals surface area contributed by atoms with Crippen molar-refractivity contribution in [2.45, 2.75) is 31.0 Å². The zero-order valence-electron chi connectivity index (χ0n) is 15.7. The van der Waals surface area contributed by atoms with Gasteiger partial charge in [-0.3, -0.25) is 4.79 Å². The van der Waals surface area contributed by atoms with E-state index in [0.717, 1.165) is 22.7 Å². The van der Waals surface area contributed by atoms with Crippen molar-refractivity contribution >= 4 is 26.0 Å². The van der Waals surface area contributed by atoms with Gasteiger partial charge in [0.1, 0.15) is 0 Å². The van der Waals surface area contributed by atoms with E-state index < -0.39 is 49.7 Å². The Bertz CT molecular complexity index is 1080. The molecule has 0 aromatic heterocycles. The van der Waals surface area contributed by atoms with Crippen LogP contribution in [0.4, 0.5) is 13.2 Å². The molecule has 7 nitrogen and oxygen atoms in total. The Morgan fingerprint density at radius 1 is 1.07 bits per heavy atom. The molecule has 0 spiro atoms. The number of carbonyl (C=O) groups excluding carboxylic acids is 1. The van der Waals surface area contributed by atoms with E-state index in [2.05, 4.69) is 0 Å². The molecule has 160 valence electrons. The van der Waals surface area contributed by atoms with Crippen LogP contribution < -0.4 is 0 Å². The normalized spacial score (nSPS) is 23.6. The second-order valence-corrected chi connectivity index (χ2v) is 11.0. The highest BCUT2D eigenvalue weighted by atomic mass is 32.2. The van der Waals surface area contributed by atoms with Crippen molar-refractivity contribution in [3.8, 4) is 0 Å². The smallest absolute Gasteiger partial charge is 0.273 e. The molecule has 1 fully saturated rings. The molecule has 0 N–H and O–H groups in total. The molecule has 2 aliphatic rings. The SMILES string of the molecule is CC(C)[C@H]1C(=O)N(S(C)(=O)=O)C2=CCN(S(=O)(=O)c3ccc(C(F)(F)F)cc3)[C@@H]21. The number of nitrogens with zero attached hydrogens (tertiary/aromatic N) is 2. The Hall–Kier alpha value is -1.92. The van der Waals surface area contributed by atoms with E-state index in [1.54, 1.807) is 13.8 Å². The quantitative estimate of drug-likeness (QED) is 0.697. The van der Waals surface area contributed by atoms with E-state index in [-0.39, 0.29) is 23.1 Å². The van der Waals surface area contributed by atoms with Gasteiger partial charge >= 0.3 is 6.18 Å². The molecule has 0 radical (unpaired) electrons. The molecule has 2 atom stereocenters. The maximum Gasteiger partial charge on any atom is 0.416 e. The molecule has 2 aliphatic heterocycles. The number of halogens is 3. The van der Waals surface area contributed by atoms with E-state index in [9.17, 15) is 34.8 Å². The number of fused-ring (bicyclic) bond motifs is 1. The first-order valence-corrected chi connectivity index (χ1v) is 11.9. The lowest BCUT2D eigenvalue weighted by Gasteiger charge is -2.28. The number of carbonyl (C=O) groups is 1. The number of benzene rings is 1. The summed E-state index contributed by atoms with van der Waals surface area (Å²) in [4.78, 5) is 12.4. The molecule has 3 rings (SSSR count). The molecule has 1 aromatic carbocycles. The summed E-state index contributed by atoms with van der Waals surface area (Å²) < 4.78 is 90.3. The summed E-state index contributed by atoms with van der Waals surface area (Å²) in [6.07, 6.45) is -2.40. The lowest BCUT2D eigenvalue weighted by molar-refractivity contribution is -0.137. The average Bonchev–Trinajstić information content (AvgIpc) is 3.09. The molecule has 1 amide bonds. The van der Waals surface area contributed by atoms with E-state index >= 15 is 0 Å². The van der Waals surface area contributed by atoms with E-state index in [1.165, 1.54) is 6.08 Å². The first kappa shape index (κ1) is 21.8. The van der Waals surface area contributed by atoms with Gasteiger partial charge in [-0.25, -0.2) is 21.1 Å². The first-order valence-electron chi connectivity index (χ1n) is 8.60. The average molecular weight is 452 g/mol. The largest absolute Gasteiger partial charge is 0.416 e. The van der Waals surface area contributed by atoms with Gasteiger partial charge in [0.2, 0.25) is 26.0 Å². The van der Waals surface area contributed by atoms with Gasteiger partial charge in [-0.15, -0.1) is 0 Å². The number of alkyl halides is 3. The second-order valence-electron chi connectivity index (χ2n) is 7.31. The predicted molar refractivity (Wildman–Crippen MR) is 97.2 cm³/mol. The highest BCUT2D eigenvalue weighted by molar-refractivity contribution is 7.89. The minimum absolute atomic E-state index is 0.0617. The summed E-state index contributed by atoms with van der Waals surface area (Å²) in [5, 5.41) is 0. The maximum absolute atomic E-state index is 13.1. The molecule has 1 saturated heterocycles. The van der Waals surface area contributed by atoms with Crippen LogP contribution in [0.3, 0.4) is 0 Å². The molecule has 29 heavy (non-hydrogen) atoms. The van der Waals surface area contributed by atoms with Gasteiger partial charge in [0.15, 0.2) is 0 Å². The van der Waals surface area contributed by atoms with Crippen LogP contribution in [0.15, 0.2) is 40.9 Å². The summed E-state index contributed by atoms with van der Waals surface area (Å²) in [7, 11) is -8.23. The van der Waals surface area contributed by atoms with Crippen LogP contribution in [0.1, 0.15) is 19.4 Å². The minimum atomic E-state index is -4.61. The molecule has 0 unspecified atom stereocenters. The molecule has 2 heterocycles. The maximum atomic E-state index is 13.1. The van der Waals surface area contributed by atoms with E-state index in [1.807, 2.05) is 0 Å². The topological polar surface area (TPSA) is 91.8 Å². The predicted octanol–water partition coefficient (Wildman–Crippen LogP) is 2.04. The number of hydrogen-bond donors (Lipinski definition) is 0. The second kappa shape index (κ2) is 6.81. The number of sulfonamides is 2. The fourth-order valence-corrected chi connectivity index (χ4v) is 6.31. The fourth-order valence-electron chi connectivity index (χ4n) is 3.73. The van der Waals surface area contributed by atoms with Crippen molar-refractivity contribution in [1.82, 2.24) is 8.61 Å². The van der Waals surface area contributed by atoms with Crippen LogP contribution in [-0.4, -0.2) is 50.2 Å². The fraction of sp³-hybridized carbons (Fsp3) is 0.471. The molecule has 0 saturated carbocycles. The Kier molecular flexibility index (Phi) is 5.11. The summed E-state index contributed by atoms with van der Waals surface area (Å²) in [5.74, 6) is -2.01. The lowest BCUT2D eigenvalue weighted by atomic mass is 9.90. The molecular formula is C17H19F3N2O5S2. The van der Waals surface area contributed by atoms with Gasteiger partial charge in [-0.05, 0) is 36.3 Å². The summed E-state index contributed by atoms with van der Waals surface area (Å²) in [6.45, 7) is 3.16. The van der Waals surface area contributed by atoms with Gasteiger partial charge in [0.05, 0.1) is 34.4 Å². The number of hydrogen-bond acceptors (Lipinski definition) is 5. The molecule has 0 aliphatic carbocycles. The van der Waals surface area contributed by atoms with E-state index in [0.29, 0.717) is 16.4 Å². The van der Waals surface area contributed by atoms with Gasteiger partial charge in [-0.2, -0.15) is 17.5 Å². The Labute approximate surface area is 166 Å². The molecular weight excluding hydrogens is 433 g/mol. The molecule has 0 bridgehead atoms. The Morgan fingerprint density at radius 2 is 1.62 bits per heavy atom. The van der Waals surface area contributed by atoms with E-state index in [4.69, 9.17) is 0 Å². The third kappa shape index (κ3) is 3.57. The molecule has 12 heteroatoms. The van der Waals surface area contributed by atoms with Crippen molar-refractivity contribution in [1.29, 1.82) is 0 Å². The van der Waals surface area contributed by atoms with Crippen LogP contribution in [0, 0.1) is 11.8 Å². The van der Waals surface area contributed by atoms with Crippen molar-refractivity contribution < 1.29 is 34.8 Å². The Balaban J connectivity index is 2.03. The summed E-state index contributed by atoms with van der Waals surface area (Å²) in [6, 6.07) is 2.00. The van der Waals surface area contributed by atoms with Crippen LogP contribution in [0.5, 0.6) is 0 Å². The highest BCUT2D eigenvalue weighted by Crippen LogP contribution is 2.43. The van der Waals surface area contributed by atoms with Crippen LogP contribution >= 0.6 is 0 Å². The standard InChI is InChI=1S/C17H19F3N2O5S2/c1-10(2)14-15-13(22(16(14)23)28(3,24)25)8-9-21(15)29(26,27)12-6-4-11(5-7-12)17(18,19)20/h4-8,10,14-15H,9H2,1-3H3/t14-,15+/m1/s1. The monoisotopic (exact) mass is 452 g/mol. The van der Waals surface area contributed by atoms with Gasteiger partial charge in [0, 0.05) is 6.54 Å². The number of amides is 1. The zero-order valence-corrected chi connectivity index (χ0v) is 17.3. The van der Waals surface area contributed by atoms with Gasteiger partial charge in [0.25, 0.3) is 0 Å². The minimum Gasteiger partial charge on any atom is -0.273 e. The molecule has 1 aromatic rings. The van der Waals surface area contributed by atoms with Crippen LogP contribution in [-0.2, 0) is 31.0 Å². The highest BCUT2D eigenvalue weighted by Gasteiger charge is 2.56. The van der Waals surface area contributed by atoms with Crippen molar-refractivity contribution in [2.75, 3.05) is 12.8 Å². The summed E-state index contributed by atoms with van der Waals surface area (Å²) >= 11 is 0. The van der Waals surface area contributed by atoms with Crippen LogP contribution in [0.25, 0.3) is 0 Å². The van der Waals surface area contributed by atoms with Crippen LogP contribution in [0.2, 0.25) is 0 Å². The van der Waals surface area contributed by atoms with Crippen molar-refractivity contribution in [3.63, 3.8) is 0 Å². The van der Waals surface area contributed by atoms with Gasteiger partial charge in [-0.1, -0.05) is 13.8 Å². The van der Waals surface area contributed by atoms with Crippen molar-refractivity contribution in [3.05, 3.63) is 41.6 Å². The number of rotatable bonds is 4. The van der Waals surface area contributed by atoms with Gasteiger partial charge < -0.3 is 0 Å². The summed E-state index contributed by atoms with van der Waals surface area (Å²) in [5.41, 5.74) is -0.928. The Morgan fingerprint density at radius 3 is 2.07 bits per heavy atom. The third-order valence-corrected chi connectivity index (χ3v) is 7.91.